The minimum absolute atomic E-state index is 0.00447. The lowest BCUT2D eigenvalue weighted by molar-refractivity contribution is 0.0541. The number of hydrogen-bond donors (Lipinski definition) is 0. The van der Waals surface area contributed by atoms with E-state index in [9.17, 15) is 18.0 Å². The first-order valence-electron chi connectivity index (χ1n) is 9.24. The van der Waals surface area contributed by atoms with Crippen LogP contribution in [0.15, 0.2) is 21.6 Å². The van der Waals surface area contributed by atoms with Gasteiger partial charge in [-0.15, -0.1) is 0 Å². The highest BCUT2D eigenvalue weighted by Crippen LogP contribution is 2.23. The van der Waals surface area contributed by atoms with Crippen molar-refractivity contribution >= 4 is 22.0 Å². The number of hydrogen-bond acceptors (Lipinski definition) is 6. The van der Waals surface area contributed by atoms with Crippen molar-refractivity contribution in [3.05, 3.63) is 17.9 Å². The summed E-state index contributed by atoms with van der Waals surface area (Å²) in [7, 11) is -3.71. The van der Waals surface area contributed by atoms with Crippen LogP contribution in [0.1, 0.15) is 36.7 Å². The molecule has 1 aromatic rings. The number of rotatable bonds is 4. The average molecular weight is 399 g/mol. The first kappa shape index (κ1) is 19.7. The van der Waals surface area contributed by atoms with Gasteiger partial charge in [-0.3, -0.25) is 4.79 Å². The zero-order chi connectivity index (χ0) is 19.4. The molecule has 27 heavy (non-hydrogen) atoms. The Kier molecular flexibility index (Phi) is 6.05. The molecule has 10 heteroatoms. The number of sulfonamides is 1. The molecular formula is C17H25N3O6S. The van der Waals surface area contributed by atoms with Crippen molar-refractivity contribution in [1.29, 1.82) is 0 Å². The molecule has 2 fully saturated rings. The summed E-state index contributed by atoms with van der Waals surface area (Å²) < 4.78 is 37.0. The van der Waals surface area contributed by atoms with Gasteiger partial charge in [0.2, 0.25) is 5.09 Å². The Bertz CT molecular complexity index is 776. The molecule has 3 heterocycles. The number of furan rings is 1. The van der Waals surface area contributed by atoms with Crippen LogP contribution in [0.2, 0.25) is 0 Å². The van der Waals surface area contributed by atoms with E-state index < -0.39 is 16.1 Å². The van der Waals surface area contributed by atoms with E-state index in [1.807, 2.05) is 0 Å². The maximum atomic E-state index is 12.6. The summed E-state index contributed by atoms with van der Waals surface area (Å²) in [5.41, 5.74) is 0. The Labute approximate surface area is 158 Å². The van der Waals surface area contributed by atoms with E-state index >= 15 is 0 Å². The molecule has 2 aliphatic heterocycles. The van der Waals surface area contributed by atoms with Gasteiger partial charge >= 0.3 is 6.09 Å². The van der Waals surface area contributed by atoms with Crippen molar-refractivity contribution < 1.29 is 27.2 Å². The minimum atomic E-state index is -3.71. The lowest BCUT2D eigenvalue weighted by atomic mass is 10.2. The second kappa shape index (κ2) is 8.30. The van der Waals surface area contributed by atoms with Gasteiger partial charge in [0, 0.05) is 39.3 Å². The number of nitrogens with zero attached hydrogens (tertiary/aromatic N) is 3. The van der Waals surface area contributed by atoms with Gasteiger partial charge in [0.05, 0.1) is 6.61 Å². The lowest BCUT2D eigenvalue weighted by Crippen LogP contribution is -2.50. The Morgan fingerprint density at radius 2 is 1.63 bits per heavy atom. The van der Waals surface area contributed by atoms with Gasteiger partial charge in [-0.05, 0) is 31.9 Å². The first-order valence-corrected chi connectivity index (χ1v) is 10.7. The van der Waals surface area contributed by atoms with E-state index in [1.165, 1.54) is 16.4 Å². The highest BCUT2D eigenvalue weighted by atomic mass is 32.2. The van der Waals surface area contributed by atoms with Crippen molar-refractivity contribution in [3.8, 4) is 0 Å². The van der Waals surface area contributed by atoms with E-state index in [2.05, 4.69) is 0 Å². The van der Waals surface area contributed by atoms with Crippen LogP contribution in [0.4, 0.5) is 4.79 Å². The van der Waals surface area contributed by atoms with Crippen LogP contribution < -0.4 is 0 Å². The molecular weight excluding hydrogens is 374 g/mol. The standard InChI is InChI=1S/C17H25N3O6S/c1-2-25-17(22)19-12-10-18(11-13-19)16(21)14-6-7-15(26-14)27(23,24)20-8-4-3-5-9-20/h6-7H,2-5,8-13H2,1H3. The molecule has 0 saturated carbocycles. The molecule has 0 spiro atoms. The van der Waals surface area contributed by atoms with E-state index in [4.69, 9.17) is 9.15 Å². The largest absolute Gasteiger partial charge is 0.450 e. The van der Waals surface area contributed by atoms with Gasteiger partial charge in [-0.2, -0.15) is 4.31 Å². The summed E-state index contributed by atoms with van der Waals surface area (Å²) in [6.45, 7) is 4.40. The second-order valence-electron chi connectivity index (χ2n) is 6.56. The average Bonchev–Trinajstić information content (AvgIpc) is 3.19. The topological polar surface area (TPSA) is 100 Å². The Morgan fingerprint density at radius 1 is 1.00 bits per heavy atom. The van der Waals surface area contributed by atoms with Gasteiger partial charge in [0.25, 0.3) is 15.9 Å². The van der Waals surface area contributed by atoms with Crippen LogP contribution in [-0.2, 0) is 14.8 Å². The quantitative estimate of drug-likeness (QED) is 0.758. The molecule has 0 atom stereocenters. The van der Waals surface area contributed by atoms with Crippen LogP contribution in [0.3, 0.4) is 0 Å². The van der Waals surface area contributed by atoms with Gasteiger partial charge in [-0.1, -0.05) is 6.42 Å². The Balaban J connectivity index is 1.63. The normalized spacial score (nSPS) is 19.1. The smallest absolute Gasteiger partial charge is 0.409 e. The zero-order valence-electron chi connectivity index (χ0n) is 15.4. The fraction of sp³-hybridized carbons (Fsp3) is 0.647. The highest BCUT2D eigenvalue weighted by Gasteiger charge is 2.31. The molecule has 150 valence electrons. The minimum Gasteiger partial charge on any atom is -0.450 e. The predicted octanol–water partition coefficient (Wildman–Crippen LogP) is 1.37. The number of amides is 2. The summed E-state index contributed by atoms with van der Waals surface area (Å²) in [5.74, 6) is -0.381. The van der Waals surface area contributed by atoms with Crippen molar-refractivity contribution in [2.24, 2.45) is 0 Å². The van der Waals surface area contributed by atoms with E-state index in [0.29, 0.717) is 45.9 Å². The first-order chi connectivity index (χ1) is 12.9. The number of carbonyl (C=O) groups is 2. The summed E-state index contributed by atoms with van der Waals surface area (Å²) in [5, 5.41) is -0.196. The van der Waals surface area contributed by atoms with E-state index in [1.54, 1.807) is 16.7 Å². The monoisotopic (exact) mass is 399 g/mol. The van der Waals surface area contributed by atoms with Crippen molar-refractivity contribution in [2.45, 2.75) is 31.3 Å². The van der Waals surface area contributed by atoms with Gasteiger partial charge < -0.3 is 19.0 Å². The molecule has 0 aliphatic carbocycles. The zero-order valence-corrected chi connectivity index (χ0v) is 16.2. The molecule has 0 unspecified atom stereocenters. The number of piperidine rings is 1. The van der Waals surface area contributed by atoms with Crippen molar-refractivity contribution in [2.75, 3.05) is 45.9 Å². The third kappa shape index (κ3) is 4.27. The third-order valence-corrected chi connectivity index (χ3v) is 6.57. The summed E-state index contributed by atoms with van der Waals surface area (Å²) in [6.07, 6.45) is 2.29. The molecule has 0 aromatic carbocycles. The molecule has 0 bridgehead atoms. The summed E-state index contributed by atoms with van der Waals surface area (Å²) in [6, 6.07) is 2.74. The fourth-order valence-electron chi connectivity index (χ4n) is 3.27. The summed E-state index contributed by atoms with van der Waals surface area (Å²) in [4.78, 5) is 27.4. The molecule has 2 aliphatic rings. The molecule has 0 N–H and O–H groups in total. The van der Waals surface area contributed by atoms with Crippen LogP contribution in [0.25, 0.3) is 0 Å². The molecule has 2 amide bonds. The van der Waals surface area contributed by atoms with Crippen LogP contribution in [-0.4, -0.2) is 80.4 Å². The van der Waals surface area contributed by atoms with Crippen LogP contribution in [0, 0.1) is 0 Å². The maximum absolute atomic E-state index is 12.6. The highest BCUT2D eigenvalue weighted by molar-refractivity contribution is 7.89. The molecule has 1 aromatic heterocycles. The molecule has 9 nitrogen and oxygen atoms in total. The Morgan fingerprint density at radius 3 is 2.26 bits per heavy atom. The number of piperazine rings is 1. The van der Waals surface area contributed by atoms with Crippen molar-refractivity contribution in [3.63, 3.8) is 0 Å². The SMILES string of the molecule is CCOC(=O)N1CCN(C(=O)c2ccc(S(=O)(=O)N3CCCCC3)o2)CC1. The third-order valence-electron chi connectivity index (χ3n) is 4.79. The maximum Gasteiger partial charge on any atom is 0.409 e. The fourth-order valence-corrected chi connectivity index (χ4v) is 4.70. The second-order valence-corrected chi connectivity index (χ2v) is 8.43. The number of ether oxygens (including phenoxy) is 1. The van der Waals surface area contributed by atoms with Gasteiger partial charge in [-0.25, -0.2) is 13.2 Å². The Hall–Kier alpha value is -2.07. The van der Waals surface area contributed by atoms with Gasteiger partial charge in [0.15, 0.2) is 5.76 Å². The lowest BCUT2D eigenvalue weighted by Gasteiger charge is -2.33. The van der Waals surface area contributed by atoms with Gasteiger partial charge in [0.1, 0.15) is 0 Å². The molecule has 0 radical (unpaired) electrons. The van der Waals surface area contributed by atoms with E-state index in [0.717, 1.165) is 19.3 Å². The number of carbonyl (C=O) groups excluding carboxylic acids is 2. The predicted molar refractivity (Wildman–Crippen MR) is 95.8 cm³/mol. The van der Waals surface area contributed by atoms with Crippen molar-refractivity contribution in [1.82, 2.24) is 14.1 Å². The molecule has 2 saturated heterocycles. The summed E-state index contributed by atoms with van der Waals surface area (Å²) >= 11 is 0. The van der Waals surface area contributed by atoms with E-state index in [-0.39, 0.29) is 16.8 Å². The molecule has 3 rings (SSSR count). The van der Waals surface area contributed by atoms with Crippen LogP contribution >= 0.6 is 0 Å². The van der Waals surface area contributed by atoms with Crippen LogP contribution in [0.5, 0.6) is 0 Å².